The Labute approximate surface area is 132 Å². The van der Waals surface area contributed by atoms with Gasteiger partial charge in [-0.3, -0.25) is 9.82 Å². The second kappa shape index (κ2) is 5.51. The summed E-state index contributed by atoms with van der Waals surface area (Å²) in [5.41, 5.74) is 1.07. The Kier molecular flexibility index (Phi) is 3.67. The van der Waals surface area contributed by atoms with E-state index in [0.29, 0.717) is 27.5 Å². The molecular formula is C14H12ClN3O3S. The summed E-state index contributed by atoms with van der Waals surface area (Å²) in [4.78, 5) is 0.145. The quantitative estimate of drug-likeness (QED) is 0.766. The number of benzene rings is 2. The summed E-state index contributed by atoms with van der Waals surface area (Å²) in [5, 5.41) is 7.63. The fourth-order valence-corrected chi connectivity index (χ4v) is 3.25. The van der Waals surface area contributed by atoms with Gasteiger partial charge in [-0.15, -0.1) is 0 Å². The van der Waals surface area contributed by atoms with Crippen molar-refractivity contribution in [2.45, 2.75) is 4.90 Å². The fourth-order valence-electron chi connectivity index (χ4n) is 2.01. The predicted octanol–water partition coefficient (Wildman–Crippen LogP) is 3.03. The van der Waals surface area contributed by atoms with Crippen molar-refractivity contribution in [1.29, 1.82) is 0 Å². The van der Waals surface area contributed by atoms with Gasteiger partial charge in [0, 0.05) is 11.1 Å². The number of halogens is 1. The zero-order chi connectivity index (χ0) is 15.7. The second-order valence-electron chi connectivity index (χ2n) is 4.55. The molecule has 0 amide bonds. The summed E-state index contributed by atoms with van der Waals surface area (Å²) >= 11 is 5.96. The normalized spacial score (nSPS) is 11.5. The average molecular weight is 338 g/mol. The summed E-state index contributed by atoms with van der Waals surface area (Å²) < 4.78 is 32.2. The third-order valence-electron chi connectivity index (χ3n) is 3.13. The van der Waals surface area contributed by atoms with Gasteiger partial charge in [-0.05, 0) is 42.5 Å². The van der Waals surface area contributed by atoms with Gasteiger partial charge in [-0.2, -0.15) is 5.10 Å². The molecule has 0 aliphatic carbocycles. The van der Waals surface area contributed by atoms with Crippen LogP contribution in [0.4, 0.5) is 5.69 Å². The van der Waals surface area contributed by atoms with E-state index in [0.717, 1.165) is 0 Å². The maximum Gasteiger partial charge on any atom is 0.261 e. The van der Waals surface area contributed by atoms with Crippen molar-refractivity contribution >= 4 is 38.2 Å². The maximum absolute atomic E-state index is 12.4. The number of fused-ring (bicyclic) bond motifs is 1. The molecule has 1 aromatic heterocycles. The molecule has 3 rings (SSSR count). The first-order chi connectivity index (χ1) is 10.5. The molecule has 0 saturated heterocycles. The van der Waals surface area contributed by atoms with Gasteiger partial charge in [0.05, 0.1) is 17.5 Å². The number of nitrogens with zero attached hydrogens (tertiary/aromatic N) is 1. The van der Waals surface area contributed by atoms with Crippen molar-refractivity contribution in [3.63, 3.8) is 0 Å². The van der Waals surface area contributed by atoms with Crippen LogP contribution in [0.1, 0.15) is 0 Å². The lowest BCUT2D eigenvalue weighted by Gasteiger charge is -2.08. The lowest BCUT2D eigenvalue weighted by atomic mass is 10.2. The molecule has 0 radical (unpaired) electrons. The number of nitrogens with one attached hydrogen (secondary N) is 2. The van der Waals surface area contributed by atoms with Crippen LogP contribution in [-0.2, 0) is 10.0 Å². The summed E-state index contributed by atoms with van der Waals surface area (Å²) in [7, 11) is -2.16. The van der Waals surface area contributed by atoms with Crippen molar-refractivity contribution in [3.8, 4) is 5.75 Å². The van der Waals surface area contributed by atoms with Crippen molar-refractivity contribution < 1.29 is 13.2 Å². The number of H-pyrrole nitrogens is 1. The van der Waals surface area contributed by atoms with E-state index in [1.165, 1.54) is 19.2 Å². The van der Waals surface area contributed by atoms with E-state index in [9.17, 15) is 8.42 Å². The topological polar surface area (TPSA) is 84.1 Å². The number of methoxy groups -OCH3 is 1. The van der Waals surface area contributed by atoms with Crippen LogP contribution in [0.25, 0.3) is 10.9 Å². The Balaban J connectivity index is 1.92. The first kappa shape index (κ1) is 14.7. The predicted molar refractivity (Wildman–Crippen MR) is 84.9 cm³/mol. The highest BCUT2D eigenvalue weighted by Gasteiger charge is 2.15. The first-order valence-corrected chi connectivity index (χ1v) is 8.16. The first-order valence-electron chi connectivity index (χ1n) is 6.30. The van der Waals surface area contributed by atoms with Gasteiger partial charge >= 0.3 is 0 Å². The smallest absolute Gasteiger partial charge is 0.261 e. The number of sulfonamides is 1. The minimum absolute atomic E-state index is 0.145. The molecule has 114 valence electrons. The molecule has 0 aliphatic heterocycles. The minimum atomic E-state index is -3.68. The number of aromatic amines is 1. The van der Waals surface area contributed by atoms with Crippen LogP contribution in [0.3, 0.4) is 0 Å². The van der Waals surface area contributed by atoms with Crippen LogP contribution in [0.2, 0.25) is 5.15 Å². The summed E-state index contributed by atoms with van der Waals surface area (Å²) in [6, 6.07) is 11.1. The van der Waals surface area contributed by atoms with E-state index in [1.807, 2.05) is 0 Å². The number of anilines is 1. The van der Waals surface area contributed by atoms with Crippen molar-refractivity contribution in [3.05, 3.63) is 47.6 Å². The zero-order valence-electron chi connectivity index (χ0n) is 11.5. The SMILES string of the molecule is COc1ccc(S(=O)(=O)Nc2ccc3n[nH]c(Cl)c3c2)cc1. The Bertz CT molecular complexity index is 920. The van der Waals surface area contributed by atoms with Crippen molar-refractivity contribution in [2.24, 2.45) is 0 Å². The Morgan fingerprint density at radius 2 is 1.91 bits per heavy atom. The maximum atomic E-state index is 12.4. The number of hydrogen-bond acceptors (Lipinski definition) is 4. The number of hydrogen-bond donors (Lipinski definition) is 2. The molecule has 0 aliphatic rings. The van der Waals surface area contributed by atoms with Gasteiger partial charge in [-0.25, -0.2) is 8.42 Å². The van der Waals surface area contributed by atoms with Gasteiger partial charge in [0.1, 0.15) is 10.9 Å². The molecule has 8 heteroatoms. The molecule has 0 bridgehead atoms. The zero-order valence-corrected chi connectivity index (χ0v) is 13.1. The van der Waals surface area contributed by atoms with Crippen LogP contribution in [0, 0.1) is 0 Å². The van der Waals surface area contributed by atoms with E-state index in [4.69, 9.17) is 16.3 Å². The number of aromatic nitrogens is 2. The summed E-state index contributed by atoms with van der Waals surface area (Å²) in [5.74, 6) is 0.588. The molecule has 2 aromatic carbocycles. The Morgan fingerprint density at radius 1 is 1.18 bits per heavy atom. The van der Waals surface area contributed by atoms with Crippen molar-refractivity contribution in [2.75, 3.05) is 11.8 Å². The molecule has 1 heterocycles. The second-order valence-corrected chi connectivity index (χ2v) is 6.61. The van der Waals surface area contributed by atoms with Crippen LogP contribution >= 0.6 is 11.6 Å². The molecule has 0 atom stereocenters. The monoisotopic (exact) mass is 337 g/mol. The average Bonchev–Trinajstić information content (AvgIpc) is 2.88. The molecule has 22 heavy (non-hydrogen) atoms. The molecular weight excluding hydrogens is 326 g/mol. The number of ether oxygens (including phenoxy) is 1. The standard InChI is InChI=1S/C14H12ClN3O3S/c1-21-10-3-5-11(6-4-10)22(19,20)18-9-2-7-13-12(8-9)14(15)17-16-13/h2-8,18H,1H3,(H,16,17). The molecule has 6 nitrogen and oxygen atoms in total. The van der Waals surface area contributed by atoms with E-state index >= 15 is 0 Å². The van der Waals surface area contributed by atoms with Crippen molar-refractivity contribution in [1.82, 2.24) is 10.2 Å². The van der Waals surface area contributed by atoms with E-state index in [1.54, 1.807) is 30.3 Å². The lowest BCUT2D eigenvalue weighted by Crippen LogP contribution is -2.12. The lowest BCUT2D eigenvalue weighted by molar-refractivity contribution is 0.414. The highest BCUT2D eigenvalue weighted by atomic mass is 35.5. The highest BCUT2D eigenvalue weighted by Crippen LogP contribution is 2.25. The Hall–Kier alpha value is -2.25. The van der Waals surface area contributed by atoms with Crippen LogP contribution in [-0.4, -0.2) is 25.7 Å². The molecule has 0 spiro atoms. The molecule has 3 aromatic rings. The van der Waals surface area contributed by atoms with Gasteiger partial charge < -0.3 is 4.74 Å². The third kappa shape index (κ3) is 2.72. The van der Waals surface area contributed by atoms with Gasteiger partial charge in [0.2, 0.25) is 0 Å². The third-order valence-corrected chi connectivity index (χ3v) is 4.81. The van der Waals surface area contributed by atoms with Crippen LogP contribution in [0.15, 0.2) is 47.4 Å². The van der Waals surface area contributed by atoms with Crippen LogP contribution < -0.4 is 9.46 Å². The number of rotatable bonds is 4. The van der Waals surface area contributed by atoms with Crippen LogP contribution in [0.5, 0.6) is 5.75 Å². The summed E-state index contributed by atoms with van der Waals surface area (Å²) in [6.07, 6.45) is 0. The summed E-state index contributed by atoms with van der Waals surface area (Å²) in [6.45, 7) is 0. The Morgan fingerprint density at radius 3 is 2.59 bits per heavy atom. The molecule has 0 saturated carbocycles. The fraction of sp³-hybridized carbons (Fsp3) is 0.0714. The molecule has 0 fully saturated rings. The van der Waals surface area contributed by atoms with Gasteiger partial charge in [-0.1, -0.05) is 11.6 Å². The largest absolute Gasteiger partial charge is 0.497 e. The minimum Gasteiger partial charge on any atom is -0.497 e. The molecule has 0 unspecified atom stereocenters. The van der Waals surface area contributed by atoms with E-state index in [2.05, 4.69) is 14.9 Å². The molecule has 2 N–H and O–H groups in total. The van der Waals surface area contributed by atoms with Gasteiger partial charge in [0.25, 0.3) is 10.0 Å². The van der Waals surface area contributed by atoms with Gasteiger partial charge in [0.15, 0.2) is 0 Å². The highest BCUT2D eigenvalue weighted by molar-refractivity contribution is 7.92. The van der Waals surface area contributed by atoms with E-state index in [-0.39, 0.29) is 4.90 Å². The van der Waals surface area contributed by atoms with E-state index < -0.39 is 10.0 Å².